The summed E-state index contributed by atoms with van der Waals surface area (Å²) >= 11 is 0. The summed E-state index contributed by atoms with van der Waals surface area (Å²) in [6, 6.07) is 0. The molecule has 1 saturated heterocycles. The van der Waals surface area contributed by atoms with Crippen LogP contribution in [0.1, 0.15) is 6.92 Å². The molecule has 1 fully saturated rings. The monoisotopic (exact) mass is 208 g/mol. The lowest BCUT2D eigenvalue weighted by molar-refractivity contribution is -0.254. The van der Waals surface area contributed by atoms with Crippen LogP contribution in [0.3, 0.4) is 0 Å². The quantitative estimate of drug-likeness (QED) is 0.392. The molecule has 1 heterocycles. The number of carbonyl (C=O) groups excluding carboxylic acids is 1. The van der Waals surface area contributed by atoms with Gasteiger partial charge in [0.2, 0.25) is 0 Å². The first-order valence-electron chi connectivity index (χ1n) is 4.03. The zero-order valence-electron chi connectivity index (χ0n) is 7.40. The number of carbonyl (C=O) groups is 1. The van der Waals surface area contributed by atoms with Crippen molar-refractivity contribution in [3.63, 3.8) is 0 Å². The van der Waals surface area contributed by atoms with E-state index in [2.05, 4.69) is 9.47 Å². The number of hydrogen-bond acceptors (Lipinski definition) is 7. The molecule has 14 heavy (non-hydrogen) atoms. The molecule has 0 aromatic rings. The van der Waals surface area contributed by atoms with Crippen molar-refractivity contribution in [2.75, 3.05) is 0 Å². The zero-order chi connectivity index (χ0) is 10.9. The maximum absolute atomic E-state index is 10.2. The lowest BCUT2D eigenvalue weighted by Gasteiger charge is -2.33. The highest BCUT2D eigenvalue weighted by atomic mass is 16.9. The van der Waals surface area contributed by atoms with Crippen LogP contribution in [0, 0.1) is 0 Å². The molecule has 1 rings (SSSR count). The van der Waals surface area contributed by atoms with Crippen LogP contribution < -0.4 is 0 Å². The lowest BCUT2D eigenvalue weighted by Crippen LogP contribution is -2.54. The van der Waals surface area contributed by atoms with E-state index in [9.17, 15) is 15.0 Å². The van der Waals surface area contributed by atoms with Crippen LogP contribution in [-0.2, 0) is 9.47 Å². The summed E-state index contributed by atoms with van der Waals surface area (Å²) in [6.07, 6.45) is -8.22. The molecule has 0 unspecified atom stereocenters. The largest absolute Gasteiger partial charge is 0.514 e. The second-order valence-corrected chi connectivity index (χ2v) is 3.07. The third-order valence-electron chi connectivity index (χ3n) is 1.90. The van der Waals surface area contributed by atoms with E-state index in [0.29, 0.717) is 0 Å². The average Bonchev–Trinajstić information content (AvgIpc) is 2.09. The lowest BCUT2D eigenvalue weighted by atomic mass is 10.0. The van der Waals surface area contributed by atoms with Gasteiger partial charge in [-0.2, -0.15) is 0 Å². The number of aliphatic hydroxyl groups excluding tert-OH is 4. The molecule has 0 aromatic heterocycles. The molecule has 0 aliphatic carbocycles. The van der Waals surface area contributed by atoms with E-state index < -0.39 is 36.9 Å². The van der Waals surface area contributed by atoms with Gasteiger partial charge in [0.1, 0.15) is 12.2 Å². The van der Waals surface area contributed by atoms with Crippen molar-refractivity contribution in [1.82, 2.24) is 0 Å². The fourth-order valence-electron chi connectivity index (χ4n) is 0.986. The predicted molar refractivity (Wildman–Crippen MR) is 41.1 cm³/mol. The molecule has 0 aromatic carbocycles. The van der Waals surface area contributed by atoms with Gasteiger partial charge in [0, 0.05) is 0 Å². The summed E-state index contributed by atoms with van der Waals surface area (Å²) in [7, 11) is 0. The molecule has 0 spiro atoms. The van der Waals surface area contributed by atoms with Crippen LogP contribution in [0.2, 0.25) is 0 Å². The Kier molecular flexibility index (Phi) is 3.27. The van der Waals surface area contributed by atoms with Crippen molar-refractivity contribution in [2.45, 2.75) is 37.6 Å². The van der Waals surface area contributed by atoms with Gasteiger partial charge in [-0.15, -0.1) is 0 Å². The molecule has 4 atom stereocenters. The summed E-state index contributed by atoms with van der Waals surface area (Å²) < 4.78 is 8.58. The van der Waals surface area contributed by atoms with Gasteiger partial charge in [0.15, 0.2) is 6.10 Å². The summed E-state index contributed by atoms with van der Waals surface area (Å²) in [5, 5.41) is 36.5. The van der Waals surface area contributed by atoms with E-state index in [1.807, 2.05) is 0 Å². The maximum Gasteiger partial charge on any atom is 0.514 e. The van der Waals surface area contributed by atoms with Crippen molar-refractivity contribution in [3.05, 3.63) is 0 Å². The normalized spacial score (nSPS) is 25.4. The fourth-order valence-corrected chi connectivity index (χ4v) is 0.986. The first-order valence-corrected chi connectivity index (χ1v) is 4.03. The molecule has 1 aliphatic rings. The Morgan fingerprint density at radius 3 is 2.00 bits per heavy atom. The molecule has 0 amide bonds. The van der Waals surface area contributed by atoms with Gasteiger partial charge in [0.05, 0.1) is 6.10 Å². The van der Waals surface area contributed by atoms with E-state index in [1.165, 1.54) is 6.92 Å². The minimum Gasteiger partial charge on any atom is -0.391 e. The standard InChI is InChI=1S/C7H12O7/c1-2(8)3(9)4(10)5(11)6-13-7(12)14-6/h2-6,8-11H,1H3/t2-,3-,4-,5-/m0/s1. The number of hydrogen-bond donors (Lipinski definition) is 4. The minimum absolute atomic E-state index is 0.951. The van der Waals surface area contributed by atoms with Gasteiger partial charge in [-0.1, -0.05) is 0 Å². The highest BCUT2D eigenvalue weighted by Gasteiger charge is 2.43. The molecular formula is C7H12O7. The van der Waals surface area contributed by atoms with Crippen LogP contribution in [0.5, 0.6) is 0 Å². The van der Waals surface area contributed by atoms with Crippen molar-refractivity contribution >= 4 is 6.16 Å². The topological polar surface area (TPSA) is 116 Å². The van der Waals surface area contributed by atoms with Gasteiger partial charge in [0.25, 0.3) is 6.29 Å². The number of ether oxygens (including phenoxy) is 2. The van der Waals surface area contributed by atoms with E-state index in [4.69, 9.17) is 10.2 Å². The summed E-state index contributed by atoms with van der Waals surface area (Å²) in [6.45, 7) is 1.24. The van der Waals surface area contributed by atoms with Gasteiger partial charge in [-0.05, 0) is 6.92 Å². The molecule has 82 valence electrons. The third kappa shape index (κ3) is 2.13. The fraction of sp³-hybridized carbons (Fsp3) is 0.857. The highest BCUT2D eigenvalue weighted by Crippen LogP contribution is 2.19. The Hall–Kier alpha value is -0.890. The molecule has 4 N–H and O–H groups in total. The van der Waals surface area contributed by atoms with Crippen LogP contribution in [0.25, 0.3) is 0 Å². The van der Waals surface area contributed by atoms with Crippen molar-refractivity contribution in [1.29, 1.82) is 0 Å². The first-order chi connectivity index (χ1) is 6.43. The maximum atomic E-state index is 10.2. The predicted octanol–water partition coefficient (Wildman–Crippen LogP) is -2.06. The van der Waals surface area contributed by atoms with E-state index >= 15 is 0 Å². The molecule has 7 nitrogen and oxygen atoms in total. The van der Waals surface area contributed by atoms with Crippen LogP contribution in [-0.4, -0.2) is 57.3 Å². The highest BCUT2D eigenvalue weighted by molar-refractivity contribution is 5.64. The van der Waals surface area contributed by atoms with Gasteiger partial charge in [-0.25, -0.2) is 4.79 Å². The van der Waals surface area contributed by atoms with Crippen LogP contribution in [0.15, 0.2) is 0 Å². The Balaban J connectivity index is 2.43. The molecule has 0 bridgehead atoms. The second kappa shape index (κ2) is 4.09. The summed E-state index contributed by atoms with van der Waals surface area (Å²) in [4.78, 5) is 10.2. The number of cyclic esters (lactones) is 2. The van der Waals surface area contributed by atoms with E-state index in [-0.39, 0.29) is 0 Å². The SMILES string of the molecule is C[C@H](O)[C@H](O)[C@H](O)[C@H](O)C1OC(=O)O1. The van der Waals surface area contributed by atoms with Gasteiger partial charge in [-0.3, -0.25) is 0 Å². The second-order valence-electron chi connectivity index (χ2n) is 3.07. The van der Waals surface area contributed by atoms with Gasteiger partial charge >= 0.3 is 6.16 Å². The zero-order valence-corrected chi connectivity index (χ0v) is 7.40. The Bertz CT molecular complexity index is 208. The van der Waals surface area contributed by atoms with Crippen molar-refractivity contribution < 1.29 is 34.7 Å². The average molecular weight is 208 g/mol. The van der Waals surface area contributed by atoms with Crippen molar-refractivity contribution in [3.8, 4) is 0 Å². The Morgan fingerprint density at radius 2 is 1.64 bits per heavy atom. The van der Waals surface area contributed by atoms with E-state index in [1.54, 1.807) is 0 Å². The smallest absolute Gasteiger partial charge is 0.391 e. The molecule has 0 saturated carbocycles. The Labute approximate surface area is 79.5 Å². The third-order valence-corrected chi connectivity index (χ3v) is 1.90. The first kappa shape index (κ1) is 11.2. The molecule has 7 heteroatoms. The van der Waals surface area contributed by atoms with Gasteiger partial charge < -0.3 is 29.9 Å². The minimum atomic E-state index is -1.65. The van der Waals surface area contributed by atoms with E-state index in [0.717, 1.165) is 0 Å². The summed E-state index contributed by atoms with van der Waals surface area (Å²) in [5.74, 6) is 0. The van der Waals surface area contributed by atoms with Crippen LogP contribution >= 0.6 is 0 Å². The molecule has 1 aliphatic heterocycles. The van der Waals surface area contributed by atoms with Crippen LogP contribution in [0.4, 0.5) is 4.79 Å². The molecule has 0 radical (unpaired) electrons. The Morgan fingerprint density at radius 1 is 1.14 bits per heavy atom. The van der Waals surface area contributed by atoms with Crippen molar-refractivity contribution in [2.24, 2.45) is 0 Å². The number of rotatable bonds is 4. The summed E-state index contributed by atoms with van der Waals surface area (Å²) in [5.41, 5.74) is 0. The molecular weight excluding hydrogens is 196 g/mol. The number of aliphatic hydroxyl groups is 4.